The number of amides is 1. The van der Waals surface area contributed by atoms with Crippen LogP contribution < -0.4 is 5.32 Å². The van der Waals surface area contributed by atoms with Crippen molar-refractivity contribution in [2.24, 2.45) is 0 Å². The zero-order valence-electron chi connectivity index (χ0n) is 17.7. The van der Waals surface area contributed by atoms with Crippen molar-refractivity contribution in [3.05, 3.63) is 60.2 Å². The van der Waals surface area contributed by atoms with Crippen LogP contribution in [0.2, 0.25) is 0 Å². The maximum absolute atomic E-state index is 12.7. The Morgan fingerprint density at radius 1 is 0.968 bits per heavy atom. The van der Waals surface area contributed by atoms with Gasteiger partial charge in [0.2, 0.25) is 15.9 Å². The van der Waals surface area contributed by atoms with Gasteiger partial charge in [0.15, 0.2) is 0 Å². The van der Waals surface area contributed by atoms with Crippen molar-refractivity contribution < 1.29 is 22.7 Å². The fourth-order valence-corrected chi connectivity index (χ4v) is 4.69. The predicted molar refractivity (Wildman–Crippen MR) is 117 cm³/mol. The number of hydrogen-bond acceptors (Lipinski definition) is 6. The highest BCUT2D eigenvalue weighted by molar-refractivity contribution is 7.89. The van der Waals surface area contributed by atoms with Crippen LogP contribution in [0.3, 0.4) is 0 Å². The van der Waals surface area contributed by atoms with Gasteiger partial charge in [0.1, 0.15) is 0 Å². The number of nitrogens with zero attached hydrogens (tertiary/aromatic N) is 2. The van der Waals surface area contributed by atoms with Gasteiger partial charge in [0.25, 0.3) is 0 Å². The average molecular weight is 446 g/mol. The van der Waals surface area contributed by atoms with Crippen molar-refractivity contribution in [3.8, 4) is 0 Å². The molecule has 8 nitrogen and oxygen atoms in total. The Labute approximate surface area is 182 Å². The molecule has 1 aliphatic rings. The van der Waals surface area contributed by atoms with Gasteiger partial charge in [-0.25, -0.2) is 13.2 Å². The van der Waals surface area contributed by atoms with E-state index in [0.717, 1.165) is 0 Å². The zero-order valence-corrected chi connectivity index (χ0v) is 18.5. The summed E-state index contributed by atoms with van der Waals surface area (Å²) < 4.78 is 32.0. The lowest BCUT2D eigenvalue weighted by molar-refractivity contribution is -0.117. The predicted octanol–water partition coefficient (Wildman–Crippen LogP) is 2.20. The van der Waals surface area contributed by atoms with Gasteiger partial charge in [-0.1, -0.05) is 18.2 Å². The Morgan fingerprint density at radius 3 is 2.16 bits per heavy atom. The summed E-state index contributed by atoms with van der Waals surface area (Å²) in [5, 5.41) is 2.80. The third-order valence-electron chi connectivity index (χ3n) is 4.83. The van der Waals surface area contributed by atoms with Gasteiger partial charge >= 0.3 is 5.97 Å². The number of anilines is 1. The summed E-state index contributed by atoms with van der Waals surface area (Å²) in [6.45, 7) is 5.33. The van der Waals surface area contributed by atoms with E-state index in [1.807, 2.05) is 4.90 Å². The minimum atomic E-state index is -3.51. The topological polar surface area (TPSA) is 96.0 Å². The van der Waals surface area contributed by atoms with E-state index >= 15 is 0 Å². The maximum atomic E-state index is 12.7. The van der Waals surface area contributed by atoms with Crippen molar-refractivity contribution in [1.82, 2.24) is 9.21 Å². The summed E-state index contributed by atoms with van der Waals surface area (Å²) in [4.78, 5) is 26.4. The Morgan fingerprint density at radius 2 is 1.58 bits per heavy atom. The molecular formula is C22H27N3O5S. The van der Waals surface area contributed by atoms with E-state index in [0.29, 0.717) is 37.4 Å². The molecule has 1 amide bonds. The first-order valence-electron chi connectivity index (χ1n) is 10.1. The molecule has 0 unspecified atom stereocenters. The minimum absolute atomic E-state index is 0.163. The Hall–Kier alpha value is -2.75. The van der Waals surface area contributed by atoms with Gasteiger partial charge in [-0.05, 0) is 50.2 Å². The quantitative estimate of drug-likeness (QED) is 0.657. The Bertz CT molecular complexity index is 999. The number of hydrogen-bond donors (Lipinski definition) is 1. The van der Waals surface area contributed by atoms with Gasteiger partial charge in [-0.2, -0.15) is 4.31 Å². The molecule has 0 atom stereocenters. The standard InChI is InChI=1S/C22H27N3O5S/c1-17(2)30-22(27)18-8-10-19(11-9-18)23-21(26)16-24-12-14-25(15-13-24)31(28,29)20-6-4-3-5-7-20/h3-11,17H,12-16H2,1-2H3,(H,23,26). The lowest BCUT2D eigenvalue weighted by Crippen LogP contribution is -2.50. The van der Waals surface area contributed by atoms with Crippen LogP contribution in [-0.2, 0) is 19.6 Å². The fourth-order valence-electron chi connectivity index (χ4n) is 3.24. The van der Waals surface area contributed by atoms with E-state index in [9.17, 15) is 18.0 Å². The average Bonchev–Trinajstić information content (AvgIpc) is 2.74. The molecule has 1 aliphatic heterocycles. The smallest absolute Gasteiger partial charge is 0.338 e. The highest BCUT2D eigenvalue weighted by Gasteiger charge is 2.28. The number of esters is 1. The Balaban J connectivity index is 1.48. The number of benzene rings is 2. The molecule has 31 heavy (non-hydrogen) atoms. The van der Waals surface area contributed by atoms with Gasteiger partial charge in [-0.3, -0.25) is 9.69 Å². The van der Waals surface area contributed by atoms with Gasteiger partial charge in [0.05, 0.1) is 23.1 Å². The van der Waals surface area contributed by atoms with Gasteiger partial charge in [-0.15, -0.1) is 0 Å². The van der Waals surface area contributed by atoms with Crippen LogP contribution in [-0.4, -0.2) is 68.3 Å². The van der Waals surface area contributed by atoms with Crippen LogP contribution >= 0.6 is 0 Å². The fraction of sp³-hybridized carbons (Fsp3) is 0.364. The van der Waals surface area contributed by atoms with E-state index < -0.39 is 16.0 Å². The van der Waals surface area contributed by atoms with Crippen LogP contribution in [0.4, 0.5) is 5.69 Å². The second kappa shape index (κ2) is 10.0. The maximum Gasteiger partial charge on any atom is 0.338 e. The minimum Gasteiger partial charge on any atom is -0.459 e. The van der Waals surface area contributed by atoms with E-state index in [4.69, 9.17) is 4.74 Å². The zero-order chi connectivity index (χ0) is 22.4. The molecule has 0 radical (unpaired) electrons. The highest BCUT2D eigenvalue weighted by atomic mass is 32.2. The first-order valence-corrected chi connectivity index (χ1v) is 11.6. The number of carbonyl (C=O) groups is 2. The molecule has 1 fully saturated rings. The highest BCUT2D eigenvalue weighted by Crippen LogP contribution is 2.17. The molecule has 0 aliphatic carbocycles. The summed E-state index contributed by atoms with van der Waals surface area (Å²) >= 11 is 0. The molecule has 0 spiro atoms. The molecule has 2 aromatic rings. The number of nitrogens with one attached hydrogen (secondary N) is 1. The van der Waals surface area contributed by atoms with Crippen LogP contribution in [0.5, 0.6) is 0 Å². The summed E-state index contributed by atoms with van der Waals surface area (Å²) in [6, 6.07) is 14.9. The molecule has 9 heteroatoms. The third-order valence-corrected chi connectivity index (χ3v) is 6.74. The molecule has 0 bridgehead atoms. The van der Waals surface area contributed by atoms with Crippen molar-refractivity contribution in [2.45, 2.75) is 24.8 Å². The summed E-state index contributed by atoms with van der Waals surface area (Å²) in [7, 11) is -3.51. The molecular weight excluding hydrogens is 418 g/mol. The molecule has 166 valence electrons. The van der Waals surface area contributed by atoms with Crippen LogP contribution in [0.1, 0.15) is 24.2 Å². The van der Waals surface area contributed by atoms with Crippen LogP contribution in [0, 0.1) is 0 Å². The molecule has 1 heterocycles. The molecule has 3 rings (SSSR count). The molecule has 0 aromatic heterocycles. The number of piperazine rings is 1. The van der Waals surface area contributed by atoms with E-state index in [1.54, 1.807) is 68.4 Å². The number of ether oxygens (including phenoxy) is 1. The van der Waals surface area contributed by atoms with Crippen molar-refractivity contribution in [3.63, 3.8) is 0 Å². The van der Waals surface area contributed by atoms with E-state index in [1.165, 1.54) is 4.31 Å². The molecule has 1 saturated heterocycles. The summed E-state index contributed by atoms with van der Waals surface area (Å²) in [5.41, 5.74) is 0.999. The number of rotatable bonds is 7. The van der Waals surface area contributed by atoms with Crippen LogP contribution in [0.25, 0.3) is 0 Å². The van der Waals surface area contributed by atoms with Gasteiger partial charge < -0.3 is 10.1 Å². The van der Waals surface area contributed by atoms with Crippen molar-refractivity contribution >= 4 is 27.6 Å². The number of sulfonamides is 1. The molecule has 2 aromatic carbocycles. The monoisotopic (exact) mass is 445 g/mol. The third kappa shape index (κ3) is 6.13. The largest absolute Gasteiger partial charge is 0.459 e. The lowest BCUT2D eigenvalue weighted by atomic mass is 10.2. The first-order chi connectivity index (χ1) is 14.8. The Kier molecular flexibility index (Phi) is 7.42. The lowest BCUT2D eigenvalue weighted by Gasteiger charge is -2.33. The second-order valence-corrected chi connectivity index (χ2v) is 9.51. The summed E-state index contributed by atoms with van der Waals surface area (Å²) in [5.74, 6) is -0.604. The first kappa shape index (κ1) is 22.9. The van der Waals surface area contributed by atoms with Crippen LogP contribution in [0.15, 0.2) is 59.5 Å². The summed E-state index contributed by atoms with van der Waals surface area (Å²) in [6.07, 6.45) is -0.199. The van der Waals surface area contributed by atoms with E-state index in [2.05, 4.69) is 5.32 Å². The number of carbonyl (C=O) groups excluding carboxylic acids is 2. The normalized spacial score (nSPS) is 15.6. The molecule has 0 saturated carbocycles. The molecule has 1 N–H and O–H groups in total. The van der Waals surface area contributed by atoms with E-state index in [-0.39, 0.29) is 23.5 Å². The van der Waals surface area contributed by atoms with Gasteiger partial charge in [0, 0.05) is 31.9 Å². The van der Waals surface area contributed by atoms with Crippen molar-refractivity contribution in [2.75, 3.05) is 38.0 Å². The SMILES string of the molecule is CC(C)OC(=O)c1ccc(NC(=O)CN2CCN(S(=O)(=O)c3ccccc3)CC2)cc1. The van der Waals surface area contributed by atoms with Crippen molar-refractivity contribution in [1.29, 1.82) is 0 Å². The second-order valence-electron chi connectivity index (χ2n) is 7.57.